The minimum absolute atomic E-state index is 0.483. The molecule has 0 aliphatic rings. The Morgan fingerprint density at radius 2 is 2.33 bits per heavy atom. The van der Waals surface area contributed by atoms with Gasteiger partial charge in [-0.1, -0.05) is 11.6 Å². The zero-order chi connectivity index (χ0) is 10.8. The molecule has 0 radical (unpaired) electrons. The van der Waals surface area contributed by atoms with E-state index in [1.165, 1.54) is 4.68 Å². The Morgan fingerprint density at radius 1 is 1.53 bits per heavy atom. The summed E-state index contributed by atoms with van der Waals surface area (Å²) in [6.07, 6.45) is 3.98. The molecule has 2 aromatic heterocycles. The lowest BCUT2D eigenvalue weighted by molar-refractivity contribution is 0.112. The number of hydrogen-bond donors (Lipinski definition) is 0. The molecule has 0 aromatic carbocycles. The van der Waals surface area contributed by atoms with E-state index in [9.17, 15) is 4.79 Å². The van der Waals surface area contributed by atoms with Gasteiger partial charge < -0.3 is 0 Å². The minimum atomic E-state index is 0.483. The number of pyridine rings is 1. The Kier molecular flexibility index (Phi) is 2.51. The zero-order valence-electron chi connectivity index (χ0n) is 8.01. The number of carbonyl (C=O) groups is 1. The summed E-state index contributed by atoms with van der Waals surface area (Å²) in [6, 6.07) is 3.38. The van der Waals surface area contributed by atoms with Crippen LogP contribution in [0.4, 0.5) is 0 Å². The van der Waals surface area contributed by atoms with Gasteiger partial charge in [-0.05, 0) is 19.1 Å². The van der Waals surface area contributed by atoms with Gasteiger partial charge in [0.25, 0.3) is 0 Å². The molecule has 2 rings (SSSR count). The summed E-state index contributed by atoms with van der Waals surface area (Å²) in [4.78, 5) is 14.9. The molecule has 0 saturated heterocycles. The van der Waals surface area contributed by atoms with Crippen LogP contribution in [0.5, 0.6) is 0 Å². The van der Waals surface area contributed by atoms with E-state index in [0.717, 1.165) is 6.29 Å². The second kappa shape index (κ2) is 3.82. The first kappa shape index (κ1) is 9.86. The van der Waals surface area contributed by atoms with Gasteiger partial charge in [-0.2, -0.15) is 5.10 Å². The first-order valence-corrected chi connectivity index (χ1v) is 4.72. The molecule has 4 nitrogen and oxygen atoms in total. The van der Waals surface area contributed by atoms with E-state index in [0.29, 0.717) is 22.1 Å². The smallest absolute Gasteiger partial charge is 0.163 e. The van der Waals surface area contributed by atoms with E-state index in [1.807, 2.05) is 0 Å². The maximum Gasteiger partial charge on any atom is 0.163 e. The van der Waals surface area contributed by atoms with Gasteiger partial charge in [-0.3, -0.25) is 4.79 Å². The van der Waals surface area contributed by atoms with Gasteiger partial charge in [0.1, 0.15) is 0 Å². The fraction of sp³-hybridized carbons (Fsp3) is 0.100. The summed E-state index contributed by atoms with van der Waals surface area (Å²) < 4.78 is 1.50. The predicted octanol–water partition coefficient (Wildman–Crippen LogP) is 2.04. The van der Waals surface area contributed by atoms with Crippen LogP contribution >= 0.6 is 11.6 Å². The third-order valence-electron chi connectivity index (χ3n) is 2.00. The maximum atomic E-state index is 10.8. The highest BCUT2D eigenvalue weighted by atomic mass is 35.5. The number of halogens is 1. The number of aromatic nitrogens is 3. The van der Waals surface area contributed by atoms with Crippen LogP contribution in [0.1, 0.15) is 16.1 Å². The lowest BCUT2D eigenvalue weighted by Gasteiger charge is -2.01. The molecular weight excluding hydrogens is 214 g/mol. The molecule has 0 aliphatic carbocycles. The van der Waals surface area contributed by atoms with E-state index >= 15 is 0 Å². The minimum Gasteiger partial charge on any atom is -0.298 e. The summed E-state index contributed by atoms with van der Waals surface area (Å²) >= 11 is 5.88. The van der Waals surface area contributed by atoms with E-state index in [-0.39, 0.29) is 0 Å². The zero-order valence-corrected chi connectivity index (χ0v) is 8.77. The average Bonchev–Trinajstić information content (AvgIpc) is 2.59. The second-order valence-electron chi connectivity index (χ2n) is 3.04. The first-order valence-electron chi connectivity index (χ1n) is 4.34. The summed E-state index contributed by atoms with van der Waals surface area (Å²) in [7, 11) is 0. The Morgan fingerprint density at radius 3 is 2.93 bits per heavy atom. The molecule has 0 unspecified atom stereocenters. The highest BCUT2D eigenvalue weighted by Crippen LogP contribution is 2.16. The van der Waals surface area contributed by atoms with Gasteiger partial charge in [0, 0.05) is 6.20 Å². The van der Waals surface area contributed by atoms with Crippen molar-refractivity contribution in [2.24, 2.45) is 0 Å². The Balaban J connectivity index is 2.58. The Bertz CT molecular complexity index is 488. The van der Waals surface area contributed by atoms with Crippen LogP contribution in [0.15, 0.2) is 24.5 Å². The number of hydrogen-bond acceptors (Lipinski definition) is 3. The largest absolute Gasteiger partial charge is 0.298 e. The van der Waals surface area contributed by atoms with Crippen molar-refractivity contribution in [3.63, 3.8) is 0 Å². The SMILES string of the molecule is Cc1nn(-c2ncccc2C=O)cc1Cl. The molecule has 0 spiro atoms. The van der Waals surface area contributed by atoms with Crippen LogP contribution < -0.4 is 0 Å². The molecule has 76 valence electrons. The Labute approximate surface area is 91.5 Å². The van der Waals surface area contributed by atoms with Crippen LogP contribution in [0.2, 0.25) is 5.02 Å². The Hall–Kier alpha value is -1.68. The molecule has 0 fully saturated rings. The standard InChI is InChI=1S/C10H8ClN3O/c1-7-9(11)5-14(13-7)10-8(6-15)3-2-4-12-10/h2-6H,1H3. The third kappa shape index (κ3) is 1.76. The highest BCUT2D eigenvalue weighted by molar-refractivity contribution is 6.31. The van der Waals surface area contributed by atoms with E-state index in [1.54, 1.807) is 31.5 Å². The highest BCUT2D eigenvalue weighted by Gasteiger charge is 2.08. The van der Waals surface area contributed by atoms with Gasteiger partial charge >= 0.3 is 0 Å². The fourth-order valence-corrected chi connectivity index (χ4v) is 1.37. The second-order valence-corrected chi connectivity index (χ2v) is 3.45. The molecule has 5 heteroatoms. The van der Waals surface area contributed by atoms with E-state index < -0.39 is 0 Å². The maximum absolute atomic E-state index is 10.8. The van der Waals surface area contributed by atoms with Gasteiger partial charge in [-0.15, -0.1) is 0 Å². The van der Waals surface area contributed by atoms with Gasteiger partial charge in [0.05, 0.1) is 22.5 Å². The molecule has 0 amide bonds. The summed E-state index contributed by atoms with van der Waals surface area (Å²) in [6.45, 7) is 1.79. The summed E-state index contributed by atoms with van der Waals surface area (Å²) in [5.74, 6) is 0.488. The topological polar surface area (TPSA) is 47.8 Å². The van der Waals surface area contributed by atoms with Crippen LogP contribution in [0.3, 0.4) is 0 Å². The molecule has 15 heavy (non-hydrogen) atoms. The number of nitrogens with zero attached hydrogens (tertiary/aromatic N) is 3. The van der Waals surface area contributed by atoms with Crippen LogP contribution in [0, 0.1) is 6.92 Å². The van der Waals surface area contributed by atoms with E-state index in [2.05, 4.69) is 10.1 Å². The first-order chi connectivity index (χ1) is 7.22. The lowest BCUT2D eigenvalue weighted by atomic mass is 10.3. The molecule has 2 heterocycles. The number of aldehydes is 1. The number of aryl methyl sites for hydroxylation is 1. The number of rotatable bonds is 2. The van der Waals surface area contributed by atoms with Crippen LogP contribution in [0.25, 0.3) is 5.82 Å². The molecular formula is C10H8ClN3O. The monoisotopic (exact) mass is 221 g/mol. The van der Waals surface area contributed by atoms with Crippen molar-refractivity contribution in [1.82, 2.24) is 14.8 Å². The van der Waals surface area contributed by atoms with Crippen LogP contribution in [-0.2, 0) is 0 Å². The summed E-state index contributed by atoms with van der Waals surface area (Å²) in [5.41, 5.74) is 1.19. The molecule has 2 aromatic rings. The number of carbonyl (C=O) groups excluding carboxylic acids is 1. The van der Waals surface area contributed by atoms with Crippen molar-refractivity contribution in [2.45, 2.75) is 6.92 Å². The molecule has 0 N–H and O–H groups in total. The van der Waals surface area contributed by atoms with Gasteiger partial charge in [-0.25, -0.2) is 9.67 Å². The van der Waals surface area contributed by atoms with Crippen molar-refractivity contribution in [2.75, 3.05) is 0 Å². The van der Waals surface area contributed by atoms with Crippen molar-refractivity contribution in [3.05, 3.63) is 40.8 Å². The normalized spacial score (nSPS) is 10.3. The summed E-state index contributed by atoms with van der Waals surface area (Å²) in [5, 5.41) is 4.71. The van der Waals surface area contributed by atoms with Gasteiger partial charge in [0.2, 0.25) is 0 Å². The predicted molar refractivity (Wildman–Crippen MR) is 56.5 cm³/mol. The van der Waals surface area contributed by atoms with Crippen molar-refractivity contribution < 1.29 is 4.79 Å². The fourth-order valence-electron chi connectivity index (χ4n) is 1.24. The quantitative estimate of drug-likeness (QED) is 0.730. The molecule has 0 bridgehead atoms. The van der Waals surface area contributed by atoms with Crippen molar-refractivity contribution in [1.29, 1.82) is 0 Å². The van der Waals surface area contributed by atoms with Crippen molar-refractivity contribution in [3.8, 4) is 5.82 Å². The molecule has 0 saturated carbocycles. The van der Waals surface area contributed by atoms with Crippen LogP contribution in [-0.4, -0.2) is 21.1 Å². The average molecular weight is 222 g/mol. The van der Waals surface area contributed by atoms with E-state index in [4.69, 9.17) is 11.6 Å². The van der Waals surface area contributed by atoms with Gasteiger partial charge in [0.15, 0.2) is 12.1 Å². The molecule has 0 atom stereocenters. The molecule has 0 aliphatic heterocycles. The lowest BCUT2D eigenvalue weighted by Crippen LogP contribution is -2.02. The van der Waals surface area contributed by atoms with Crippen molar-refractivity contribution >= 4 is 17.9 Å². The third-order valence-corrected chi connectivity index (χ3v) is 2.37.